The highest BCUT2D eigenvalue weighted by Gasteiger charge is 2.00. The van der Waals surface area contributed by atoms with Crippen LogP contribution in [0.2, 0.25) is 0 Å². The summed E-state index contributed by atoms with van der Waals surface area (Å²) < 4.78 is 0. The normalized spacial score (nSPS) is 10.9. The molecule has 0 saturated heterocycles. The fourth-order valence-corrected chi connectivity index (χ4v) is 1.87. The van der Waals surface area contributed by atoms with Crippen LogP contribution in [0.1, 0.15) is 16.1 Å². The Labute approximate surface area is 105 Å². The number of aromatic amines is 1. The topological polar surface area (TPSA) is 32.9 Å². The molecule has 1 aromatic carbocycles. The van der Waals surface area contributed by atoms with Gasteiger partial charge in [0.15, 0.2) is 0 Å². The minimum atomic E-state index is -0.0102. The predicted octanol–water partition coefficient (Wildman–Crippen LogP) is 3.63. The lowest BCUT2D eigenvalue weighted by molar-refractivity contribution is 0.104. The van der Waals surface area contributed by atoms with E-state index in [1.807, 2.05) is 42.7 Å². The Morgan fingerprint density at radius 2 is 2.00 bits per heavy atom. The van der Waals surface area contributed by atoms with Crippen molar-refractivity contribution in [1.82, 2.24) is 4.98 Å². The standard InChI is InChI=1S/C14H13NOS/c1-17-12-7-4-11(5-8-12)6-9-14(16)13-3-2-10-15-13/h2-10,15H,1H3/b9-6+. The fourth-order valence-electron chi connectivity index (χ4n) is 1.46. The van der Waals surface area contributed by atoms with Crippen molar-refractivity contribution >= 4 is 23.6 Å². The van der Waals surface area contributed by atoms with Crippen LogP contribution in [-0.2, 0) is 0 Å². The van der Waals surface area contributed by atoms with Gasteiger partial charge in [-0.15, -0.1) is 11.8 Å². The molecule has 0 saturated carbocycles. The van der Waals surface area contributed by atoms with Crippen molar-refractivity contribution in [3.05, 3.63) is 59.9 Å². The smallest absolute Gasteiger partial charge is 0.201 e. The van der Waals surface area contributed by atoms with E-state index in [2.05, 4.69) is 4.98 Å². The summed E-state index contributed by atoms with van der Waals surface area (Å²) in [4.78, 5) is 15.8. The van der Waals surface area contributed by atoms with Gasteiger partial charge in [-0.05, 0) is 42.2 Å². The third-order valence-electron chi connectivity index (χ3n) is 2.41. The highest BCUT2D eigenvalue weighted by Crippen LogP contribution is 2.15. The van der Waals surface area contributed by atoms with E-state index in [1.54, 1.807) is 30.1 Å². The molecule has 1 aromatic heterocycles. The van der Waals surface area contributed by atoms with Crippen molar-refractivity contribution < 1.29 is 4.79 Å². The van der Waals surface area contributed by atoms with Crippen LogP contribution < -0.4 is 0 Å². The van der Waals surface area contributed by atoms with E-state index in [0.29, 0.717) is 5.69 Å². The fraction of sp³-hybridized carbons (Fsp3) is 0.0714. The number of carbonyl (C=O) groups is 1. The second-order valence-electron chi connectivity index (χ2n) is 3.55. The predicted molar refractivity (Wildman–Crippen MR) is 72.4 cm³/mol. The van der Waals surface area contributed by atoms with Crippen LogP contribution in [0, 0.1) is 0 Å². The van der Waals surface area contributed by atoms with Gasteiger partial charge in [0.1, 0.15) is 0 Å². The number of carbonyl (C=O) groups excluding carboxylic acids is 1. The number of allylic oxidation sites excluding steroid dienone is 1. The molecule has 2 aromatic rings. The van der Waals surface area contributed by atoms with Crippen molar-refractivity contribution in [3.8, 4) is 0 Å². The lowest BCUT2D eigenvalue weighted by atomic mass is 10.2. The highest BCUT2D eigenvalue weighted by molar-refractivity contribution is 7.98. The van der Waals surface area contributed by atoms with Crippen molar-refractivity contribution in [2.75, 3.05) is 6.26 Å². The maximum absolute atomic E-state index is 11.7. The monoisotopic (exact) mass is 243 g/mol. The first-order chi connectivity index (χ1) is 8.29. The Bertz CT molecular complexity index is 512. The quantitative estimate of drug-likeness (QED) is 0.505. The van der Waals surface area contributed by atoms with Crippen LogP contribution >= 0.6 is 11.8 Å². The molecule has 0 aliphatic heterocycles. The zero-order chi connectivity index (χ0) is 12.1. The molecule has 0 amide bonds. The van der Waals surface area contributed by atoms with E-state index < -0.39 is 0 Å². The lowest BCUT2D eigenvalue weighted by Gasteiger charge is -1.96. The Balaban J connectivity index is 2.07. The Morgan fingerprint density at radius 3 is 2.59 bits per heavy atom. The number of hydrogen-bond acceptors (Lipinski definition) is 2. The van der Waals surface area contributed by atoms with Gasteiger partial charge in [0, 0.05) is 11.1 Å². The summed E-state index contributed by atoms with van der Waals surface area (Å²) in [5.74, 6) is -0.0102. The number of hydrogen-bond donors (Lipinski definition) is 1. The van der Waals surface area contributed by atoms with Crippen molar-refractivity contribution in [1.29, 1.82) is 0 Å². The number of H-pyrrole nitrogens is 1. The average Bonchev–Trinajstić information content (AvgIpc) is 2.90. The van der Waals surface area contributed by atoms with Gasteiger partial charge in [-0.25, -0.2) is 0 Å². The molecule has 0 fully saturated rings. The molecular formula is C14H13NOS. The van der Waals surface area contributed by atoms with Crippen LogP contribution in [-0.4, -0.2) is 17.0 Å². The molecular weight excluding hydrogens is 230 g/mol. The molecule has 3 heteroatoms. The average molecular weight is 243 g/mol. The van der Waals surface area contributed by atoms with Gasteiger partial charge in [0.25, 0.3) is 0 Å². The molecule has 0 spiro atoms. The molecule has 2 nitrogen and oxygen atoms in total. The zero-order valence-corrected chi connectivity index (χ0v) is 10.3. The van der Waals surface area contributed by atoms with E-state index in [9.17, 15) is 4.79 Å². The van der Waals surface area contributed by atoms with E-state index in [0.717, 1.165) is 5.56 Å². The second kappa shape index (κ2) is 5.55. The van der Waals surface area contributed by atoms with Gasteiger partial charge in [0.05, 0.1) is 5.69 Å². The molecule has 0 atom stereocenters. The van der Waals surface area contributed by atoms with E-state index in [4.69, 9.17) is 0 Å². The first-order valence-corrected chi connectivity index (χ1v) is 6.52. The second-order valence-corrected chi connectivity index (χ2v) is 4.43. The number of rotatable bonds is 4. The number of aromatic nitrogens is 1. The van der Waals surface area contributed by atoms with Crippen molar-refractivity contribution in [3.63, 3.8) is 0 Å². The summed E-state index contributed by atoms with van der Waals surface area (Å²) in [6, 6.07) is 11.7. The summed E-state index contributed by atoms with van der Waals surface area (Å²) >= 11 is 1.70. The Kier molecular flexibility index (Phi) is 3.83. The molecule has 0 aliphatic carbocycles. The maximum atomic E-state index is 11.7. The summed E-state index contributed by atoms with van der Waals surface area (Å²) in [5.41, 5.74) is 1.64. The van der Waals surface area contributed by atoms with Crippen LogP contribution in [0.5, 0.6) is 0 Å². The van der Waals surface area contributed by atoms with Gasteiger partial charge < -0.3 is 4.98 Å². The Morgan fingerprint density at radius 1 is 1.24 bits per heavy atom. The van der Waals surface area contributed by atoms with Crippen LogP contribution in [0.3, 0.4) is 0 Å². The van der Waals surface area contributed by atoms with Gasteiger partial charge in [-0.2, -0.15) is 0 Å². The maximum Gasteiger partial charge on any atom is 0.201 e. The SMILES string of the molecule is CSc1ccc(/C=C/C(=O)c2ccc[nH]2)cc1. The summed E-state index contributed by atoms with van der Waals surface area (Å²) in [6.45, 7) is 0. The molecule has 1 heterocycles. The van der Waals surface area contributed by atoms with Gasteiger partial charge in [-0.3, -0.25) is 4.79 Å². The Hall–Kier alpha value is -1.74. The van der Waals surface area contributed by atoms with Gasteiger partial charge in [0.2, 0.25) is 5.78 Å². The first kappa shape index (κ1) is 11.7. The number of nitrogens with one attached hydrogen (secondary N) is 1. The number of benzene rings is 1. The van der Waals surface area contributed by atoms with Gasteiger partial charge >= 0.3 is 0 Å². The number of thioether (sulfide) groups is 1. The van der Waals surface area contributed by atoms with E-state index >= 15 is 0 Å². The van der Waals surface area contributed by atoms with Crippen LogP contribution in [0.25, 0.3) is 6.08 Å². The molecule has 2 rings (SSSR count). The molecule has 0 unspecified atom stereocenters. The minimum absolute atomic E-state index is 0.0102. The van der Waals surface area contributed by atoms with E-state index in [1.165, 1.54) is 4.90 Å². The van der Waals surface area contributed by atoms with Crippen LogP contribution in [0.4, 0.5) is 0 Å². The molecule has 86 valence electrons. The summed E-state index contributed by atoms with van der Waals surface area (Å²) in [7, 11) is 0. The molecule has 17 heavy (non-hydrogen) atoms. The lowest BCUT2D eigenvalue weighted by Crippen LogP contribution is -1.93. The zero-order valence-electron chi connectivity index (χ0n) is 9.51. The molecule has 0 bridgehead atoms. The van der Waals surface area contributed by atoms with Gasteiger partial charge in [-0.1, -0.05) is 18.2 Å². The van der Waals surface area contributed by atoms with Crippen LogP contribution in [0.15, 0.2) is 53.6 Å². The summed E-state index contributed by atoms with van der Waals surface area (Å²) in [5, 5.41) is 0. The number of ketones is 1. The minimum Gasteiger partial charge on any atom is -0.359 e. The highest BCUT2D eigenvalue weighted by atomic mass is 32.2. The molecule has 0 radical (unpaired) electrons. The first-order valence-electron chi connectivity index (χ1n) is 5.29. The van der Waals surface area contributed by atoms with E-state index in [-0.39, 0.29) is 5.78 Å². The summed E-state index contributed by atoms with van der Waals surface area (Å²) in [6.07, 6.45) is 7.20. The molecule has 1 N–H and O–H groups in total. The largest absolute Gasteiger partial charge is 0.359 e. The van der Waals surface area contributed by atoms with Crippen molar-refractivity contribution in [2.45, 2.75) is 4.90 Å². The molecule has 0 aliphatic rings. The van der Waals surface area contributed by atoms with Crippen molar-refractivity contribution in [2.24, 2.45) is 0 Å². The third-order valence-corrected chi connectivity index (χ3v) is 3.15. The third kappa shape index (κ3) is 3.11.